The Labute approximate surface area is 511 Å². The topological polar surface area (TPSA) is 38.7 Å². The highest BCUT2D eigenvalue weighted by molar-refractivity contribution is 5.84. The summed E-state index contributed by atoms with van der Waals surface area (Å²) in [6, 6.07) is 76.3. The molecule has 3 heterocycles. The average Bonchev–Trinajstić information content (AvgIpc) is 3.05. The minimum atomic E-state index is 0.838. The second kappa shape index (κ2) is 24.6. The lowest BCUT2D eigenvalue weighted by Gasteiger charge is -2.20. The van der Waals surface area contributed by atoms with Gasteiger partial charge in [-0.25, -0.2) is 15.0 Å². The number of aromatic nitrogens is 3. The predicted molar refractivity (Wildman–Crippen MR) is 367 cm³/mol. The van der Waals surface area contributed by atoms with Crippen molar-refractivity contribution in [2.75, 3.05) is 0 Å². The first-order valence-electron chi connectivity index (χ1n) is 30.1. The Kier molecular flexibility index (Phi) is 16.6. The summed E-state index contributed by atoms with van der Waals surface area (Å²) in [5, 5.41) is 0. The number of hydrogen-bond donors (Lipinski definition) is 0. The zero-order valence-electron chi connectivity index (χ0n) is 52.5. The first-order valence-corrected chi connectivity index (χ1v) is 30.1. The van der Waals surface area contributed by atoms with Gasteiger partial charge in [-0.3, -0.25) is 0 Å². The fourth-order valence-electron chi connectivity index (χ4n) is 12.1. The molecule has 86 heavy (non-hydrogen) atoms. The Hall–Kier alpha value is -9.57. The van der Waals surface area contributed by atoms with Crippen LogP contribution in [0.3, 0.4) is 0 Å². The number of aryl methyl sites for hydroxylation is 4. The van der Waals surface area contributed by atoms with E-state index in [1.165, 1.54) is 139 Å². The summed E-state index contributed by atoms with van der Waals surface area (Å²) in [4.78, 5) is 15.6. The zero-order valence-corrected chi connectivity index (χ0v) is 52.5. The van der Waals surface area contributed by atoms with Crippen molar-refractivity contribution in [3.8, 4) is 112 Å². The van der Waals surface area contributed by atoms with Gasteiger partial charge in [0.2, 0.25) is 0 Å². The van der Waals surface area contributed by atoms with Crippen LogP contribution < -0.4 is 0 Å². The molecule has 0 atom stereocenters. The first kappa shape index (κ1) is 58.2. The Morgan fingerprint density at radius 3 is 0.744 bits per heavy atom. The third-order valence-corrected chi connectivity index (χ3v) is 18.2. The van der Waals surface area contributed by atoms with Crippen molar-refractivity contribution >= 4 is 0 Å². The van der Waals surface area contributed by atoms with Crippen LogP contribution in [0.1, 0.15) is 77.9 Å². The summed E-state index contributed by atoms with van der Waals surface area (Å²) in [5.41, 5.74) is 40.8. The van der Waals surface area contributed by atoms with E-state index in [9.17, 15) is 0 Å². The standard InChI is InChI=1S/C50H40N2.C33H37N/c1-33-11-19-37(20-12-33)41-27-42(38-21-13-34(2)14-22-38)30-45(29-41)47-7-5-9-49(51-47)50-10-6-8-48(52-50)46-31-43(39-23-15-35(3)16-24-39)28-44(32-46)40-25-17-36(4)18-26-40;1-18-20(3)24(7)32(25(8)21(18)4)29-14-11-13-28(17-29)30-15-12-16-31(34-30)33-26(9)22(5)19(2)23(6)27(33)10/h5-32H,1-4H3;11-17H,1-10H3. The lowest BCUT2D eigenvalue weighted by molar-refractivity contribution is 1.16. The number of hydrogen-bond acceptors (Lipinski definition) is 3. The molecule has 3 heteroatoms. The van der Waals surface area contributed by atoms with Crippen molar-refractivity contribution in [3.05, 3.63) is 290 Å². The van der Waals surface area contributed by atoms with Crippen LogP contribution in [0, 0.1) is 96.9 Å². The smallest absolute Gasteiger partial charge is 0.0893 e. The molecular formula is C83H77N3. The van der Waals surface area contributed by atoms with Crippen LogP contribution in [-0.2, 0) is 0 Å². The van der Waals surface area contributed by atoms with Gasteiger partial charge in [0, 0.05) is 22.3 Å². The largest absolute Gasteiger partial charge is 0.248 e. The van der Waals surface area contributed by atoms with E-state index >= 15 is 0 Å². The molecule has 3 nitrogen and oxygen atoms in total. The average molecular weight is 1120 g/mol. The monoisotopic (exact) mass is 1120 g/mol. The predicted octanol–water partition coefficient (Wildman–Crippen LogP) is 22.5. The summed E-state index contributed by atoms with van der Waals surface area (Å²) in [6.07, 6.45) is 0. The Morgan fingerprint density at radius 1 is 0.163 bits per heavy atom. The van der Waals surface area contributed by atoms with Crippen LogP contribution in [0.4, 0.5) is 0 Å². The minimum absolute atomic E-state index is 0.838. The lowest BCUT2D eigenvalue weighted by atomic mass is 9.86. The van der Waals surface area contributed by atoms with Gasteiger partial charge in [-0.2, -0.15) is 0 Å². The van der Waals surface area contributed by atoms with Crippen molar-refractivity contribution in [3.63, 3.8) is 0 Å². The maximum absolute atomic E-state index is 5.23. The van der Waals surface area contributed by atoms with Crippen LogP contribution in [0.15, 0.2) is 212 Å². The Bertz CT molecular complexity index is 4030. The van der Waals surface area contributed by atoms with Gasteiger partial charge in [0.1, 0.15) is 0 Å². The molecule has 0 N–H and O–H groups in total. The van der Waals surface area contributed by atoms with Crippen molar-refractivity contribution in [2.24, 2.45) is 0 Å². The number of benzene rings is 9. The SMILES string of the molecule is Cc1c(C)c(C)c(-c2cccc(-c3cccc(-c4c(C)c(C)c(C)c(C)c4C)n3)c2)c(C)c1C.Cc1ccc(-c2cc(-c3ccc(C)cc3)cc(-c3cccc(-c4cccc(-c5cc(-c6ccc(C)cc6)cc(-c6ccc(C)cc6)c5)n4)n3)c2)cc1. The summed E-state index contributed by atoms with van der Waals surface area (Å²) < 4.78 is 0. The number of pyridine rings is 3. The molecule has 3 aromatic heterocycles. The minimum Gasteiger partial charge on any atom is -0.248 e. The zero-order chi connectivity index (χ0) is 60.5. The molecule has 0 unspecified atom stereocenters. The molecule has 424 valence electrons. The van der Waals surface area contributed by atoms with E-state index in [0.29, 0.717) is 0 Å². The van der Waals surface area contributed by atoms with Gasteiger partial charge in [-0.1, -0.05) is 156 Å². The fraction of sp³-hybridized carbons (Fsp3) is 0.169. The Balaban J connectivity index is 0.000000196. The molecule has 0 aliphatic rings. The first-order chi connectivity index (χ1) is 41.4. The van der Waals surface area contributed by atoms with Crippen LogP contribution >= 0.6 is 0 Å². The lowest BCUT2D eigenvalue weighted by Crippen LogP contribution is -2.01. The second-order valence-electron chi connectivity index (χ2n) is 23.9. The van der Waals surface area contributed by atoms with Gasteiger partial charge < -0.3 is 0 Å². The third-order valence-electron chi connectivity index (χ3n) is 18.2. The van der Waals surface area contributed by atoms with E-state index in [1.54, 1.807) is 0 Å². The molecule has 0 radical (unpaired) electrons. The maximum Gasteiger partial charge on any atom is 0.0893 e. The normalized spacial score (nSPS) is 11.1. The van der Waals surface area contributed by atoms with E-state index in [1.807, 2.05) is 0 Å². The van der Waals surface area contributed by atoms with Gasteiger partial charge in [0.15, 0.2) is 0 Å². The van der Waals surface area contributed by atoms with E-state index in [0.717, 1.165) is 50.9 Å². The molecule has 0 saturated carbocycles. The number of nitrogens with zero attached hydrogens (tertiary/aromatic N) is 3. The van der Waals surface area contributed by atoms with Gasteiger partial charge in [0.25, 0.3) is 0 Å². The summed E-state index contributed by atoms with van der Waals surface area (Å²) in [5.74, 6) is 0. The molecule has 12 aromatic rings. The molecule has 0 fully saturated rings. The fourth-order valence-corrected chi connectivity index (χ4v) is 12.1. The third kappa shape index (κ3) is 12.1. The van der Waals surface area contributed by atoms with Gasteiger partial charge in [-0.05, 0) is 287 Å². The van der Waals surface area contributed by atoms with E-state index in [2.05, 4.69) is 309 Å². The Morgan fingerprint density at radius 2 is 0.395 bits per heavy atom. The molecule has 0 aliphatic carbocycles. The van der Waals surface area contributed by atoms with Gasteiger partial charge in [0.05, 0.1) is 34.2 Å². The summed E-state index contributed by atoms with van der Waals surface area (Å²) in [6.45, 7) is 30.9. The number of rotatable bonds is 10. The highest BCUT2D eigenvalue weighted by atomic mass is 14.8. The molecule has 0 amide bonds. The second-order valence-corrected chi connectivity index (χ2v) is 23.9. The molecule has 0 spiro atoms. The molecule has 9 aromatic carbocycles. The maximum atomic E-state index is 5.23. The molecule has 0 bridgehead atoms. The van der Waals surface area contributed by atoms with Gasteiger partial charge in [-0.15, -0.1) is 0 Å². The highest BCUT2D eigenvalue weighted by Gasteiger charge is 2.19. The van der Waals surface area contributed by atoms with Crippen LogP contribution in [0.25, 0.3) is 112 Å². The molecule has 12 rings (SSSR count). The van der Waals surface area contributed by atoms with Gasteiger partial charge >= 0.3 is 0 Å². The van der Waals surface area contributed by atoms with Crippen molar-refractivity contribution in [2.45, 2.75) is 96.9 Å². The van der Waals surface area contributed by atoms with E-state index in [4.69, 9.17) is 15.0 Å². The van der Waals surface area contributed by atoms with Crippen LogP contribution in [0.5, 0.6) is 0 Å². The van der Waals surface area contributed by atoms with E-state index < -0.39 is 0 Å². The quantitative estimate of drug-likeness (QED) is 0.137. The highest BCUT2D eigenvalue weighted by Crippen LogP contribution is 2.40. The van der Waals surface area contributed by atoms with Crippen LogP contribution in [0.2, 0.25) is 0 Å². The van der Waals surface area contributed by atoms with Crippen molar-refractivity contribution in [1.82, 2.24) is 15.0 Å². The molecule has 0 aliphatic heterocycles. The molecular weight excluding hydrogens is 1040 g/mol. The summed E-state index contributed by atoms with van der Waals surface area (Å²) in [7, 11) is 0. The van der Waals surface area contributed by atoms with Crippen LogP contribution in [-0.4, -0.2) is 15.0 Å². The van der Waals surface area contributed by atoms with E-state index in [-0.39, 0.29) is 0 Å². The molecule has 0 saturated heterocycles. The van der Waals surface area contributed by atoms with Crippen molar-refractivity contribution < 1.29 is 0 Å². The summed E-state index contributed by atoms with van der Waals surface area (Å²) >= 11 is 0. The van der Waals surface area contributed by atoms with Crippen molar-refractivity contribution in [1.29, 1.82) is 0 Å².